The second-order valence-electron chi connectivity index (χ2n) is 7.55. The first kappa shape index (κ1) is 18.7. The Labute approximate surface area is 155 Å². The predicted molar refractivity (Wildman–Crippen MR) is 101 cm³/mol. The van der Waals surface area contributed by atoms with Gasteiger partial charge in [0.25, 0.3) is 0 Å². The fourth-order valence-corrected chi connectivity index (χ4v) is 4.05. The minimum atomic E-state index is -0.397. The zero-order chi connectivity index (χ0) is 18.7. The number of anilines is 1. The summed E-state index contributed by atoms with van der Waals surface area (Å²) in [4.78, 5) is 28.1. The van der Waals surface area contributed by atoms with E-state index >= 15 is 0 Å². The molecule has 1 atom stereocenters. The molecule has 1 aromatic carbocycles. The number of amides is 2. The van der Waals surface area contributed by atoms with E-state index in [4.69, 9.17) is 4.74 Å². The van der Waals surface area contributed by atoms with Gasteiger partial charge in [0.05, 0.1) is 6.54 Å². The number of likely N-dealkylation sites (tertiary alicyclic amines) is 1. The van der Waals surface area contributed by atoms with Gasteiger partial charge in [0.2, 0.25) is 5.91 Å². The van der Waals surface area contributed by atoms with Crippen molar-refractivity contribution in [1.29, 1.82) is 0 Å². The smallest absolute Gasteiger partial charge is 0.410 e. The monoisotopic (exact) mass is 359 g/mol. The quantitative estimate of drug-likeness (QED) is 0.878. The molecule has 0 saturated carbocycles. The highest BCUT2D eigenvalue weighted by molar-refractivity contribution is 5.92. The number of hydrogen-bond acceptors (Lipinski definition) is 4. The summed E-state index contributed by atoms with van der Waals surface area (Å²) in [5.74, 6) is 0.0363. The van der Waals surface area contributed by atoms with Crippen molar-refractivity contribution in [1.82, 2.24) is 9.80 Å². The van der Waals surface area contributed by atoms with Crippen LogP contribution in [-0.2, 0) is 16.0 Å². The van der Waals surface area contributed by atoms with Gasteiger partial charge in [-0.15, -0.1) is 0 Å². The molecule has 142 valence electrons. The molecule has 2 aliphatic rings. The summed E-state index contributed by atoms with van der Waals surface area (Å²) in [6, 6.07) is 6.10. The van der Waals surface area contributed by atoms with Crippen molar-refractivity contribution in [2.24, 2.45) is 0 Å². The Kier molecular flexibility index (Phi) is 5.51. The molecule has 0 aliphatic carbocycles. The first-order valence-electron chi connectivity index (χ1n) is 9.47. The standard InChI is InChI=1S/C20H29N3O3/c1-4-16-8-5-7-15(2)18(16)21-17(24)9-12-23-11-6-10-20(14-23)13-22(3)19(25)26-20/h5,7-8H,4,6,9-14H2,1-3H3,(H,21,24)/t20-/m0/s1. The van der Waals surface area contributed by atoms with Crippen molar-refractivity contribution in [2.75, 3.05) is 38.5 Å². The summed E-state index contributed by atoms with van der Waals surface area (Å²) in [5, 5.41) is 3.09. The fourth-order valence-electron chi connectivity index (χ4n) is 4.05. The second-order valence-corrected chi connectivity index (χ2v) is 7.55. The predicted octanol–water partition coefficient (Wildman–Crippen LogP) is 2.80. The lowest BCUT2D eigenvalue weighted by Crippen LogP contribution is -2.50. The van der Waals surface area contributed by atoms with Crippen LogP contribution < -0.4 is 5.32 Å². The van der Waals surface area contributed by atoms with E-state index in [9.17, 15) is 9.59 Å². The molecule has 26 heavy (non-hydrogen) atoms. The summed E-state index contributed by atoms with van der Waals surface area (Å²) in [5.41, 5.74) is 2.81. The van der Waals surface area contributed by atoms with Crippen molar-refractivity contribution in [3.63, 3.8) is 0 Å². The molecule has 1 N–H and O–H groups in total. The first-order chi connectivity index (χ1) is 12.4. The van der Waals surface area contributed by atoms with Gasteiger partial charge >= 0.3 is 6.09 Å². The molecule has 1 aromatic rings. The Morgan fingerprint density at radius 3 is 2.85 bits per heavy atom. The maximum atomic E-state index is 12.5. The van der Waals surface area contributed by atoms with Gasteiger partial charge in [-0.05, 0) is 43.9 Å². The number of benzene rings is 1. The van der Waals surface area contributed by atoms with Gasteiger partial charge in [-0.25, -0.2) is 4.79 Å². The zero-order valence-electron chi connectivity index (χ0n) is 16.0. The fraction of sp³-hybridized carbons (Fsp3) is 0.600. The number of nitrogens with one attached hydrogen (secondary N) is 1. The number of ether oxygens (including phenoxy) is 1. The highest BCUT2D eigenvalue weighted by Crippen LogP contribution is 2.31. The van der Waals surface area contributed by atoms with Crippen LogP contribution in [0.1, 0.15) is 37.3 Å². The molecule has 0 aromatic heterocycles. The minimum absolute atomic E-state index is 0.0363. The van der Waals surface area contributed by atoms with Gasteiger partial charge < -0.3 is 15.0 Å². The lowest BCUT2D eigenvalue weighted by molar-refractivity contribution is -0.116. The Balaban J connectivity index is 1.54. The van der Waals surface area contributed by atoms with E-state index < -0.39 is 5.60 Å². The SMILES string of the molecule is CCc1cccc(C)c1NC(=O)CCN1CCC[C@@]2(C1)CN(C)C(=O)O2. The Hall–Kier alpha value is -2.08. The van der Waals surface area contributed by atoms with Crippen LogP contribution in [0.4, 0.5) is 10.5 Å². The molecule has 6 heteroatoms. The summed E-state index contributed by atoms with van der Waals surface area (Å²) in [7, 11) is 1.77. The highest BCUT2D eigenvalue weighted by Gasteiger charge is 2.46. The summed E-state index contributed by atoms with van der Waals surface area (Å²) in [6.07, 6.45) is 2.98. The molecular formula is C20H29N3O3. The number of likely N-dealkylation sites (N-methyl/N-ethyl adjacent to an activating group) is 1. The van der Waals surface area contributed by atoms with E-state index in [1.165, 1.54) is 0 Å². The summed E-state index contributed by atoms with van der Waals surface area (Å²) < 4.78 is 5.63. The molecule has 2 saturated heterocycles. The molecule has 2 fully saturated rings. The largest absolute Gasteiger partial charge is 0.440 e. The number of piperidine rings is 1. The molecule has 2 aliphatic heterocycles. The van der Waals surface area contributed by atoms with Gasteiger partial charge in [-0.2, -0.15) is 0 Å². The third-order valence-electron chi connectivity index (χ3n) is 5.42. The molecule has 1 spiro atoms. The summed E-state index contributed by atoms with van der Waals surface area (Å²) >= 11 is 0. The molecule has 6 nitrogen and oxygen atoms in total. The van der Waals surface area contributed by atoms with Crippen molar-refractivity contribution in [3.05, 3.63) is 29.3 Å². The van der Waals surface area contributed by atoms with Crippen LogP contribution in [0.5, 0.6) is 0 Å². The number of para-hydroxylation sites is 1. The normalized spacial score (nSPS) is 23.3. The lowest BCUT2D eigenvalue weighted by Gasteiger charge is -2.38. The second kappa shape index (κ2) is 7.66. The van der Waals surface area contributed by atoms with Crippen molar-refractivity contribution < 1.29 is 14.3 Å². The van der Waals surface area contributed by atoms with Crippen LogP contribution in [0.3, 0.4) is 0 Å². The highest BCUT2D eigenvalue weighted by atomic mass is 16.6. The maximum absolute atomic E-state index is 12.5. The third kappa shape index (κ3) is 4.01. The van der Waals surface area contributed by atoms with Crippen molar-refractivity contribution in [3.8, 4) is 0 Å². The number of hydrogen-bond donors (Lipinski definition) is 1. The lowest BCUT2D eigenvalue weighted by atomic mass is 9.92. The van der Waals surface area contributed by atoms with E-state index in [0.29, 0.717) is 26.1 Å². The number of rotatable bonds is 5. The Morgan fingerprint density at radius 2 is 2.15 bits per heavy atom. The molecule has 0 unspecified atom stereocenters. The van der Waals surface area contributed by atoms with Crippen molar-refractivity contribution in [2.45, 2.75) is 45.1 Å². The number of carbonyl (C=O) groups excluding carboxylic acids is 2. The van der Waals surface area contributed by atoms with Gasteiger partial charge in [0.15, 0.2) is 0 Å². The molecule has 2 heterocycles. The third-order valence-corrected chi connectivity index (χ3v) is 5.42. The average Bonchev–Trinajstić information content (AvgIpc) is 2.88. The van der Waals surface area contributed by atoms with Crippen LogP contribution in [0.2, 0.25) is 0 Å². The van der Waals surface area contributed by atoms with Gasteiger partial charge in [0.1, 0.15) is 5.60 Å². The van der Waals surface area contributed by atoms with Gasteiger partial charge in [-0.3, -0.25) is 9.69 Å². The van der Waals surface area contributed by atoms with E-state index in [2.05, 4.69) is 23.2 Å². The molecular weight excluding hydrogens is 330 g/mol. The van der Waals surface area contributed by atoms with Gasteiger partial charge in [0, 0.05) is 32.2 Å². The number of aryl methyl sites for hydroxylation is 2. The number of carbonyl (C=O) groups is 2. The molecule has 0 bridgehead atoms. The van der Waals surface area contributed by atoms with Gasteiger partial charge in [-0.1, -0.05) is 25.1 Å². The molecule has 2 amide bonds. The number of nitrogens with zero attached hydrogens (tertiary/aromatic N) is 2. The minimum Gasteiger partial charge on any atom is -0.440 e. The Bertz CT molecular complexity index is 691. The maximum Gasteiger partial charge on any atom is 0.410 e. The van der Waals surface area contributed by atoms with Crippen LogP contribution in [0.15, 0.2) is 18.2 Å². The zero-order valence-corrected chi connectivity index (χ0v) is 16.0. The summed E-state index contributed by atoms with van der Waals surface area (Å²) in [6.45, 7) is 7.09. The molecule has 0 radical (unpaired) electrons. The average molecular weight is 359 g/mol. The Morgan fingerprint density at radius 1 is 1.35 bits per heavy atom. The first-order valence-corrected chi connectivity index (χ1v) is 9.47. The van der Waals surface area contributed by atoms with E-state index in [1.807, 2.05) is 19.1 Å². The van der Waals surface area contributed by atoms with E-state index in [0.717, 1.165) is 42.6 Å². The van der Waals surface area contributed by atoms with Crippen LogP contribution in [-0.4, -0.2) is 60.6 Å². The van der Waals surface area contributed by atoms with E-state index in [-0.39, 0.29) is 12.0 Å². The molecule has 3 rings (SSSR count). The van der Waals surface area contributed by atoms with Crippen molar-refractivity contribution >= 4 is 17.7 Å². The van der Waals surface area contributed by atoms with Crippen LogP contribution >= 0.6 is 0 Å². The van der Waals surface area contributed by atoms with Crippen LogP contribution in [0.25, 0.3) is 0 Å². The van der Waals surface area contributed by atoms with Crippen LogP contribution in [0, 0.1) is 6.92 Å². The topological polar surface area (TPSA) is 61.9 Å². The van der Waals surface area contributed by atoms with E-state index in [1.54, 1.807) is 11.9 Å².